The highest BCUT2D eigenvalue weighted by Crippen LogP contribution is 2.19. The van der Waals surface area contributed by atoms with E-state index in [0.29, 0.717) is 36.4 Å². The molecule has 1 fully saturated rings. The van der Waals surface area contributed by atoms with Crippen LogP contribution in [0.1, 0.15) is 29.8 Å². The molecule has 1 aliphatic heterocycles. The standard InChI is InChI=1S/C13H16BrNO5/c14-11-2-1-10(20-11)13(18)15-6-3-9(4-7-15)19-8-5-12(16)17/h1-2,9H,3-8H2,(H,16,17). The third-order valence-electron chi connectivity index (χ3n) is 3.18. The van der Waals surface area contributed by atoms with Gasteiger partial charge in [-0.1, -0.05) is 0 Å². The first-order valence-electron chi connectivity index (χ1n) is 6.44. The number of halogens is 1. The number of carboxylic acids is 1. The number of likely N-dealkylation sites (tertiary alicyclic amines) is 1. The number of nitrogens with zero attached hydrogens (tertiary/aromatic N) is 1. The Morgan fingerprint density at radius 3 is 2.65 bits per heavy atom. The molecule has 2 rings (SSSR count). The van der Waals surface area contributed by atoms with Gasteiger partial charge in [0.05, 0.1) is 19.1 Å². The van der Waals surface area contributed by atoms with Gasteiger partial charge < -0.3 is 19.2 Å². The van der Waals surface area contributed by atoms with Gasteiger partial charge in [0.15, 0.2) is 10.4 Å². The highest BCUT2D eigenvalue weighted by molar-refractivity contribution is 9.10. The smallest absolute Gasteiger partial charge is 0.305 e. The molecule has 1 aromatic heterocycles. The van der Waals surface area contributed by atoms with Crippen LogP contribution in [0.15, 0.2) is 21.2 Å². The Hall–Kier alpha value is -1.34. The summed E-state index contributed by atoms with van der Waals surface area (Å²) in [7, 11) is 0. The third kappa shape index (κ3) is 4.08. The van der Waals surface area contributed by atoms with E-state index < -0.39 is 5.97 Å². The minimum absolute atomic E-state index is 0.0135. The van der Waals surface area contributed by atoms with E-state index in [0.717, 1.165) is 0 Å². The first kappa shape index (κ1) is 15.1. The predicted molar refractivity (Wildman–Crippen MR) is 73.5 cm³/mol. The van der Waals surface area contributed by atoms with E-state index in [1.165, 1.54) is 0 Å². The van der Waals surface area contributed by atoms with Crippen LogP contribution in [0.25, 0.3) is 0 Å². The minimum Gasteiger partial charge on any atom is -0.481 e. The second-order valence-corrected chi connectivity index (χ2v) is 5.39. The fraction of sp³-hybridized carbons (Fsp3) is 0.538. The molecule has 1 N–H and O–H groups in total. The molecule has 1 amide bonds. The number of hydrogen-bond acceptors (Lipinski definition) is 4. The molecular formula is C13H16BrNO5. The van der Waals surface area contributed by atoms with Crippen LogP contribution in [-0.4, -0.2) is 47.7 Å². The fourth-order valence-corrected chi connectivity index (χ4v) is 2.43. The Morgan fingerprint density at radius 2 is 2.10 bits per heavy atom. The van der Waals surface area contributed by atoms with Crippen LogP contribution in [0.3, 0.4) is 0 Å². The van der Waals surface area contributed by atoms with Gasteiger partial charge in [-0.15, -0.1) is 0 Å². The topological polar surface area (TPSA) is 80.0 Å². The van der Waals surface area contributed by atoms with Crippen molar-refractivity contribution in [2.45, 2.75) is 25.4 Å². The molecule has 20 heavy (non-hydrogen) atoms. The third-order valence-corrected chi connectivity index (χ3v) is 3.61. The number of carbonyl (C=O) groups is 2. The fourth-order valence-electron chi connectivity index (χ4n) is 2.12. The lowest BCUT2D eigenvalue weighted by Crippen LogP contribution is -2.40. The number of carboxylic acid groups (broad SMARTS) is 1. The molecule has 7 heteroatoms. The van der Waals surface area contributed by atoms with Gasteiger partial charge in [-0.2, -0.15) is 0 Å². The average molecular weight is 346 g/mol. The van der Waals surface area contributed by atoms with Crippen molar-refractivity contribution in [3.63, 3.8) is 0 Å². The molecule has 0 atom stereocenters. The molecule has 6 nitrogen and oxygen atoms in total. The number of hydrogen-bond donors (Lipinski definition) is 1. The van der Waals surface area contributed by atoms with Crippen LogP contribution in [0.4, 0.5) is 0 Å². The number of amides is 1. The first-order chi connectivity index (χ1) is 9.56. The SMILES string of the molecule is O=C(O)CCOC1CCN(C(=O)c2ccc(Br)o2)CC1. The molecule has 1 aromatic rings. The molecule has 0 saturated carbocycles. The number of aliphatic carboxylic acids is 1. The maximum atomic E-state index is 12.1. The summed E-state index contributed by atoms with van der Waals surface area (Å²) >= 11 is 3.17. The highest BCUT2D eigenvalue weighted by atomic mass is 79.9. The van der Waals surface area contributed by atoms with Crippen molar-refractivity contribution in [2.24, 2.45) is 0 Å². The predicted octanol–water partition coefficient (Wildman–Crippen LogP) is 2.14. The van der Waals surface area contributed by atoms with Gasteiger partial charge in [0, 0.05) is 13.1 Å². The molecule has 0 radical (unpaired) electrons. The average Bonchev–Trinajstić information content (AvgIpc) is 2.85. The first-order valence-corrected chi connectivity index (χ1v) is 7.23. The number of rotatable bonds is 5. The van der Waals surface area contributed by atoms with Crippen molar-refractivity contribution in [1.82, 2.24) is 4.90 Å². The van der Waals surface area contributed by atoms with Gasteiger partial charge in [-0.3, -0.25) is 9.59 Å². The molecule has 0 bridgehead atoms. The lowest BCUT2D eigenvalue weighted by molar-refractivity contribution is -0.138. The molecule has 0 spiro atoms. The summed E-state index contributed by atoms with van der Waals surface area (Å²) in [4.78, 5) is 24.2. The number of carbonyl (C=O) groups excluding carboxylic acids is 1. The number of furan rings is 1. The zero-order valence-corrected chi connectivity index (χ0v) is 12.5. The molecular weight excluding hydrogens is 330 g/mol. The van der Waals surface area contributed by atoms with Gasteiger partial charge in [-0.25, -0.2) is 0 Å². The van der Waals surface area contributed by atoms with Crippen molar-refractivity contribution < 1.29 is 23.8 Å². The van der Waals surface area contributed by atoms with Crippen LogP contribution < -0.4 is 0 Å². The zero-order valence-electron chi connectivity index (χ0n) is 10.9. The van der Waals surface area contributed by atoms with Crippen molar-refractivity contribution in [1.29, 1.82) is 0 Å². The summed E-state index contributed by atoms with van der Waals surface area (Å²) in [6, 6.07) is 3.33. The zero-order chi connectivity index (χ0) is 14.5. The Labute approximate surface area is 124 Å². The second-order valence-electron chi connectivity index (χ2n) is 4.61. The lowest BCUT2D eigenvalue weighted by atomic mass is 10.1. The Balaban J connectivity index is 1.76. The van der Waals surface area contributed by atoms with Crippen molar-refractivity contribution in [2.75, 3.05) is 19.7 Å². The quantitative estimate of drug-likeness (QED) is 0.884. The summed E-state index contributed by atoms with van der Waals surface area (Å²) in [5.41, 5.74) is 0. The molecule has 0 aliphatic carbocycles. The summed E-state index contributed by atoms with van der Waals surface area (Å²) in [6.45, 7) is 1.41. The van der Waals surface area contributed by atoms with Crippen LogP contribution in [0.2, 0.25) is 0 Å². The van der Waals surface area contributed by atoms with Crippen molar-refractivity contribution in [3.8, 4) is 0 Å². The second kappa shape index (κ2) is 6.90. The van der Waals surface area contributed by atoms with Gasteiger partial charge in [0.2, 0.25) is 0 Å². The van der Waals surface area contributed by atoms with Gasteiger partial charge in [0.1, 0.15) is 0 Å². The maximum absolute atomic E-state index is 12.1. The van der Waals surface area contributed by atoms with Gasteiger partial charge in [0.25, 0.3) is 5.91 Å². The summed E-state index contributed by atoms with van der Waals surface area (Å²) in [5, 5.41) is 8.54. The van der Waals surface area contributed by atoms with E-state index in [9.17, 15) is 9.59 Å². The summed E-state index contributed by atoms with van der Waals surface area (Å²) < 4.78 is 11.3. The normalized spacial score (nSPS) is 16.4. The van der Waals surface area contributed by atoms with E-state index >= 15 is 0 Å². The van der Waals surface area contributed by atoms with Crippen LogP contribution in [-0.2, 0) is 9.53 Å². The minimum atomic E-state index is -0.860. The molecule has 1 aliphatic rings. The Kier molecular flexibility index (Phi) is 5.19. The number of piperidine rings is 1. The maximum Gasteiger partial charge on any atom is 0.305 e. The van der Waals surface area contributed by atoms with Crippen LogP contribution >= 0.6 is 15.9 Å². The molecule has 2 heterocycles. The largest absolute Gasteiger partial charge is 0.481 e. The van der Waals surface area contributed by atoms with Crippen molar-refractivity contribution in [3.05, 3.63) is 22.6 Å². The molecule has 1 saturated heterocycles. The van der Waals surface area contributed by atoms with E-state index in [1.54, 1.807) is 17.0 Å². The van der Waals surface area contributed by atoms with E-state index in [1.807, 2.05) is 0 Å². The Morgan fingerprint density at radius 1 is 1.40 bits per heavy atom. The van der Waals surface area contributed by atoms with Crippen LogP contribution in [0.5, 0.6) is 0 Å². The number of ether oxygens (including phenoxy) is 1. The van der Waals surface area contributed by atoms with E-state index in [2.05, 4.69) is 15.9 Å². The van der Waals surface area contributed by atoms with E-state index in [4.69, 9.17) is 14.3 Å². The van der Waals surface area contributed by atoms with Crippen molar-refractivity contribution >= 4 is 27.8 Å². The molecule has 0 aromatic carbocycles. The highest BCUT2D eigenvalue weighted by Gasteiger charge is 2.25. The van der Waals surface area contributed by atoms with E-state index in [-0.39, 0.29) is 25.0 Å². The Bertz CT molecular complexity index is 479. The summed E-state index contributed by atoms with van der Waals surface area (Å²) in [5.74, 6) is -0.664. The lowest BCUT2D eigenvalue weighted by Gasteiger charge is -2.31. The summed E-state index contributed by atoms with van der Waals surface area (Å²) in [6.07, 6.45) is 1.47. The molecule has 0 unspecified atom stereocenters. The molecule has 110 valence electrons. The van der Waals surface area contributed by atoms with Gasteiger partial charge in [-0.05, 0) is 40.9 Å². The monoisotopic (exact) mass is 345 g/mol. The van der Waals surface area contributed by atoms with Gasteiger partial charge >= 0.3 is 5.97 Å². The van der Waals surface area contributed by atoms with Crippen LogP contribution in [0, 0.1) is 0 Å².